The van der Waals surface area contributed by atoms with Gasteiger partial charge in [0.1, 0.15) is 0 Å². The average molecular weight is 137 g/mol. The van der Waals surface area contributed by atoms with Crippen LogP contribution in [-0.4, -0.2) is 4.98 Å². The maximum atomic E-state index is 11.0. The van der Waals surface area contributed by atoms with Crippen molar-refractivity contribution in [2.45, 2.75) is 20.8 Å². The van der Waals surface area contributed by atoms with Gasteiger partial charge in [0.2, 0.25) is 0 Å². The smallest absolute Gasteiger partial charge is 0.184 e. The van der Waals surface area contributed by atoms with Crippen LogP contribution in [0.1, 0.15) is 17.0 Å². The largest absolute Gasteiger partial charge is 0.362 e. The molecular weight excluding hydrogens is 126 g/mol. The molecule has 0 saturated heterocycles. The van der Waals surface area contributed by atoms with Crippen LogP contribution in [0.3, 0.4) is 0 Å². The fraction of sp³-hybridized carbons (Fsp3) is 0.375. The fourth-order valence-electron chi connectivity index (χ4n) is 0.915. The maximum absolute atomic E-state index is 11.0. The summed E-state index contributed by atoms with van der Waals surface area (Å²) >= 11 is 0. The normalized spacial score (nSPS) is 9.90. The fourth-order valence-corrected chi connectivity index (χ4v) is 0.915. The first kappa shape index (κ1) is 7.06. The molecule has 0 spiro atoms. The van der Waals surface area contributed by atoms with Gasteiger partial charge in [0.15, 0.2) is 5.43 Å². The molecule has 0 aliphatic carbocycles. The van der Waals surface area contributed by atoms with Crippen LogP contribution in [0.5, 0.6) is 0 Å². The van der Waals surface area contributed by atoms with Crippen molar-refractivity contribution in [1.82, 2.24) is 4.98 Å². The Morgan fingerprint density at radius 1 is 1.30 bits per heavy atom. The van der Waals surface area contributed by atoms with Crippen molar-refractivity contribution >= 4 is 0 Å². The van der Waals surface area contributed by atoms with Crippen LogP contribution in [-0.2, 0) is 0 Å². The third-order valence-corrected chi connectivity index (χ3v) is 1.66. The second kappa shape index (κ2) is 2.29. The molecule has 0 unspecified atom stereocenters. The highest BCUT2D eigenvalue weighted by molar-refractivity contribution is 5.19. The molecule has 0 aromatic carbocycles. The number of hydrogen-bond acceptors (Lipinski definition) is 1. The van der Waals surface area contributed by atoms with Crippen LogP contribution in [0.15, 0.2) is 10.9 Å². The van der Waals surface area contributed by atoms with Gasteiger partial charge in [-0.3, -0.25) is 4.79 Å². The van der Waals surface area contributed by atoms with Crippen LogP contribution >= 0.6 is 0 Å². The van der Waals surface area contributed by atoms with E-state index in [1.807, 2.05) is 20.8 Å². The van der Waals surface area contributed by atoms with Gasteiger partial charge in [-0.2, -0.15) is 0 Å². The molecule has 2 heteroatoms. The molecule has 1 rings (SSSR count). The number of aromatic nitrogens is 1. The molecule has 0 bridgehead atoms. The Kier molecular flexibility index (Phi) is 1.62. The SMILES string of the molecule is Cc1cc(=O)c(C)c(C)[nH]1. The molecule has 0 aliphatic rings. The van der Waals surface area contributed by atoms with E-state index in [1.54, 1.807) is 6.07 Å². The number of aryl methyl sites for hydroxylation is 2. The zero-order chi connectivity index (χ0) is 7.72. The Hall–Kier alpha value is -1.05. The molecule has 0 saturated carbocycles. The van der Waals surface area contributed by atoms with Crippen molar-refractivity contribution < 1.29 is 0 Å². The van der Waals surface area contributed by atoms with E-state index in [1.165, 1.54) is 0 Å². The number of aromatic amines is 1. The van der Waals surface area contributed by atoms with Gasteiger partial charge in [0, 0.05) is 23.0 Å². The van der Waals surface area contributed by atoms with Crippen LogP contribution < -0.4 is 5.43 Å². The van der Waals surface area contributed by atoms with Crippen molar-refractivity contribution in [1.29, 1.82) is 0 Å². The zero-order valence-corrected chi connectivity index (χ0v) is 6.49. The Bertz CT molecular complexity index is 299. The molecule has 1 aromatic rings. The summed E-state index contributed by atoms with van der Waals surface area (Å²) < 4.78 is 0. The van der Waals surface area contributed by atoms with Gasteiger partial charge in [-0.05, 0) is 20.8 Å². The molecule has 0 fully saturated rings. The van der Waals surface area contributed by atoms with Crippen molar-refractivity contribution in [3.8, 4) is 0 Å². The monoisotopic (exact) mass is 137 g/mol. The predicted molar refractivity (Wildman–Crippen MR) is 41.3 cm³/mol. The molecule has 0 amide bonds. The van der Waals surface area contributed by atoms with Crippen molar-refractivity contribution in [2.75, 3.05) is 0 Å². The molecule has 2 nitrogen and oxygen atoms in total. The molecule has 0 aliphatic heterocycles. The van der Waals surface area contributed by atoms with E-state index in [-0.39, 0.29) is 5.43 Å². The summed E-state index contributed by atoms with van der Waals surface area (Å²) in [5.74, 6) is 0. The summed E-state index contributed by atoms with van der Waals surface area (Å²) in [7, 11) is 0. The quantitative estimate of drug-likeness (QED) is 0.574. The Balaban J connectivity index is 3.46. The number of nitrogens with one attached hydrogen (secondary N) is 1. The highest BCUT2D eigenvalue weighted by Crippen LogP contribution is 1.96. The van der Waals surface area contributed by atoms with Crippen LogP contribution in [0, 0.1) is 20.8 Å². The Labute approximate surface area is 59.9 Å². The van der Waals surface area contributed by atoms with Gasteiger partial charge in [0.25, 0.3) is 0 Å². The van der Waals surface area contributed by atoms with Gasteiger partial charge >= 0.3 is 0 Å². The van der Waals surface area contributed by atoms with Crippen LogP contribution in [0.4, 0.5) is 0 Å². The number of H-pyrrole nitrogens is 1. The van der Waals surface area contributed by atoms with Gasteiger partial charge in [-0.25, -0.2) is 0 Å². The van der Waals surface area contributed by atoms with E-state index in [4.69, 9.17) is 0 Å². The molecule has 0 radical (unpaired) electrons. The maximum Gasteiger partial charge on any atom is 0.184 e. The van der Waals surface area contributed by atoms with Crippen molar-refractivity contribution in [3.63, 3.8) is 0 Å². The molecule has 1 N–H and O–H groups in total. The minimum Gasteiger partial charge on any atom is -0.362 e. The minimum absolute atomic E-state index is 0.119. The first-order valence-corrected chi connectivity index (χ1v) is 3.28. The van der Waals surface area contributed by atoms with Crippen molar-refractivity contribution in [3.05, 3.63) is 33.2 Å². The van der Waals surface area contributed by atoms with Crippen LogP contribution in [0.25, 0.3) is 0 Å². The lowest BCUT2D eigenvalue weighted by Crippen LogP contribution is -2.08. The lowest BCUT2D eigenvalue weighted by Gasteiger charge is -1.99. The Morgan fingerprint density at radius 2 is 1.90 bits per heavy atom. The third kappa shape index (κ3) is 1.10. The molecule has 0 atom stereocenters. The van der Waals surface area contributed by atoms with Crippen LogP contribution in [0.2, 0.25) is 0 Å². The Morgan fingerprint density at radius 3 is 2.40 bits per heavy atom. The predicted octanol–water partition coefficient (Wildman–Crippen LogP) is 1.30. The number of hydrogen-bond donors (Lipinski definition) is 1. The summed E-state index contributed by atoms with van der Waals surface area (Å²) in [6.07, 6.45) is 0. The minimum atomic E-state index is 0.119. The summed E-state index contributed by atoms with van der Waals surface area (Å²) in [5, 5.41) is 0. The topological polar surface area (TPSA) is 32.9 Å². The number of pyridine rings is 1. The summed E-state index contributed by atoms with van der Waals surface area (Å²) in [4.78, 5) is 14.1. The second-order valence-corrected chi connectivity index (χ2v) is 2.57. The first-order valence-electron chi connectivity index (χ1n) is 3.28. The van der Waals surface area contributed by atoms with E-state index in [9.17, 15) is 4.79 Å². The molecule has 1 aromatic heterocycles. The number of rotatable bonds is 0. The summed E-state index contributed by atoms with van der Waals surface area (Å²) in [6.45, 7) is 5.62. The first-order chi connectivity index (χ1) is 4.61. The lowest BCUT2D eigenvalue weighted by molar-refractivity contribution is 1.07. The third-order valence-electron chi connectivity index (χ3n) is 1.66. The van der Waals surface area contributed by atoms with E-state index >= 15 is 0 Å². The van der Waals surface area contributed by atoms with E-state index < -0.39 is 0 Å². The summed E-state index contributed by atoms with van der Waals surface area (Å²) in [5.41, 5.74) is 2.82. The molecule has 54 valence electrons. The molecule has 1 heterocycles. The molecule has 10 heavy (non-hydrogen) atoms. The summed E-state index contributed by atoms with van der Waals surface area (Å²) in [6, 6.07) is 1.61. The molecular formula is C8H11NO. The standard InChI is InChI=1S/C8H11NO/c1-5-4-8(10)6(2)7(3)9-5/h4H,1-3H3,(H,9,10). The van der Waals surface area contributed by atoms with E-state index in [2.05, 4.69) is 4.98 Å². The van der Waals surface area contributed by atoms with E-state index in [0.717, 1.165) is 17.0 Å². The van der Waals surface area contributed by atoms with Crippen molar-refractivity contribution in [2.24, 2.45) is 0 Å². The lowest BCUT2D eigenvalue weighted by atomic mass is 10.2. The van der Waals surface area contributed by atoms with E-state index in [0.29, 0.717) is 0 Å². The average Bonchev–Trinajstić information content (AvgIpc) is 1.82. The van der Waals surface area contributed by atoms with Gasteiger partial charge < -0.3 is 4.98 Å². The zero-order valence-electron chi connectivity index (χ0n) is 6.49. The van der Waals surface area contributed by atoms with Gasteiger partial charge in [-0.15, -0.1) is 0 Å². The highest BCUT2D eigenvalue weighted by atomic mass is 16.1. The second-order valence-electron chi connectivity index (χ2n) is 2.57. The van der Waals surface area contributed by atoms with Gasteiger partial charge in [-0.1, -0.05) is 0 Å². The highest BCUT2D eigenvalue weighted by Gasteiger charge is 1.96. The van der Waals surface area contributed by atoms with Gasteiger partial charge in [0.05, 0.1) is 0 Å².